The lowest BCUT2D eigenvalue weighted by atomic mass is 10.1. The minimum absolute atomic E-state index is 0.578. The van der Waals surface area contributed by atoms with Crippen LogP contribution in [0.2, 0.25) is 0 Å². The lowest BCUT2D eigenvalue weighted by molar-refractivity contribution is 0.524. The number of hydrogen-bond acceptors (Lipinski definition) is 3. The molecule has 0 bridgehead atoms. The fourth-order valence-electron chi connectivity index (χ4n) is 3.05. The summed E-state index contributed by atoms with van der Waals surface area (Å²) in [5.74, 6) is 1.88. The Kier molecular flexibility index (Phi) is 5.41. The van der Waals surface area contributed by atoms with Gasteiger partial charge in [-0.05, 0) is 43.7 Å². The van der Waals surface area contributed by atoms with Crippen LogP contribution in [-0.2, 0) is 6.54 Å². The number of nitrogens with zero attached hydrogens (tertiary/aromatic N) is 2. The Balaban J connectivity index is 2.18. The van der Waals surface area contributed by atoms with Crippen molar-refractivity contribution in [3.8, 4) is 0 Å². The van der Waals surface area contributed by atoms with Crippen LogP contribution in [0, 0.1) is 12.8 Å². The summed E-state index contributed by atoms with van der Waals surface area (Å²) in [5, 5.41) is 0. The highest BCUT2D eigenvalue weighted by Gasteiger charge is 2.23. The van der Waals surface area contributed by atoms with Crippen LogP contribution in [0.4, 0.5) is 5.82 Å². The normalized spacial score (nSPS) is 16.1. The monoisotopic (exact) mass is 275 g/mol. The second-order valence-electron chi connectivity index (χ2n) is 6.43. The zero-order valence-corrected chi connectivity index (χ0v) is 13.2. The van der Waals surface area contributed by atoms with Gasteiger partial charge >= 0.3 is 0 Å². The molecule has 0 atom stereocenters. The molecule has 20 heavy (non-hydrogen) atoms. The van der Waals surface area contributed by atoms with Crippen molar-refractivity contribution in [2.24, 2.45) is 11.7 Å². The molecule has 0 unspecified atom stereocenters. The molecule has 1 fully saturated rings. The molecule has 1 heterocycles. The third kappa shape index (κ3) is 3.72. The quantitative estimate of drug-likeness (QED) is 0.861. The van der Waals surface area contributed by atoms with Gasteiger partial charge in [0.1, 0.15) is 5.82 Å². The van der Waals surface area contributed by atoms with Crippen molar-refractivity contribution in [1.29, 1.82) is 0 Å². The van der Waals surface area contributed by atoms with Crippen LogP contribution in [0.3, 0.4) is 0 Å². The summed E-state index contributed by atoms with van der Waals surface area (Å²) in [6, 6.07) is 4.99. The van der Waals surface area contributed by atoms with Crippen LogP contribution in [0.1, 0.15) is 57.2 Å². The molecule has 1 aromatic rings. The van der Waals surface area contributed by atoms with E-state index in [1.54, 1.807) is 0 Å². The van der Waals surface area contributed by atoms with Crippen molar-refractivity contribution in [1.82, 2.24) is 4.98 Å². The molecule has 2 rings (SSSR count). The summed E-state index contributed by atoms with van der Waals surface area (Å²) in [7, 11) is 0. The molecule has 1 aliphatic rings. The minimum atomic E-state index is 0.578. The molecule has 1 aliphatic carbocycles. The second-order valence-corrected chi connectivity index (χ2v) is 6.43. The third-order valence-corrected chi connectivity index (χ3v) is 4.41. The Bertz CT molecular complexity index is 422. The van der Waals surface area contributed by atoms with Crippen LogP contribution in [0.15, 0.2) is 12.1 Å². The highest BCUT2D eigenvalue weighted by molar-refractivity contribution is 5.43. The maximum Gasteiger partial charge on any atom is 0.129 e. The molecule has 0 saturated heterocycles. The number of aryl methyl sites for hydroxylation is 1. The number of hydrogen-bond donors (Lipinski definition) is 1. The predicted molar refractivity (Wildman–Crippen MR) is 85.9 cm³/mol. The Morgan fingerprint density at radius 2 is 2.00 bits per heavy atom. The first kappa shape index (κ1) is 15.3. The molecule has 2 N–H and O–H groups in total. The van der Waals surface area contributed by atoms with Gasteiger partial charge in [-0.3, -0.25) is 0 Å². The highest BCUT2D eigenvalue weighted by Crippen LogP contribution is 2.28. The van der Waals surface area contributed by atoms with E-state index in [4.69, 9.17) is 10.7 Å². The van der Waals surface area contributed by atoms with Crippen LogP contribution >= 0.6 is 0 Å². The number of pyridine rings is 1. The first-order valence-electron chi connectivity index (χ1n) is 8.05. The number of aromatic nitrogens is 1. The van der Waals surface area contributed by atoms with Gasteiger partial charge in [0, 0.05) is 24.8 Å². The van der Waals surface area contributed by atoms with Gasteiger partial charge in [-0.25, -0.2) is 4.98 Å². The van der Waals surface area contributed by atoms with Gasteiger partial charge < -0.3 is 10.6 Å². The topological polar surface area (TPSA) is 42.2 Å². The smallest absolute Gasteiger partial charge is 0.129 e. The van der Waals surface area contributed by atoms with Gasteiger partial charge in [0.05, 0.1) is 0 Å². The summed E-state index contributed by atoms with van der Waals surface area (Å²) < 4.78 is 0. The van der Waals surface area contributed by atoms with E-state index < -0.39 is 0 Å². The van der Waals surface area contributed by atoms with Gasteiger partial charge in [-0.1, -0.05) is 32.8 Å². The molecule has 0 radical (unpaired) electrons. The first-order valence-corrected chi connectivity index (χ1v) is 8.05. The number of anilines is 1. The lowest BCUT2D eigenvalue weighted by Crippen LogP contribution is -2.35. The standard InChI is InChI=1S/C17H29N3/c1-13(2)10-11-20(16-6-4-5-7-16)17-9-8-15(12-18)14(3)19-17/h8-9,13,16H,4-7,10-12,18H2,1-3H3. The summed E-state index contributed by atoms with van der Waals surface area (Å²) in [6.45, 7) is 8.36. The van der Waals surface area contributed by atoms with Gasteiger partial charge in [0.15, 0.2) is 0 Å². The zero-order valence-electron chi connectivity index (χ0n) is 13.2. The van der Waals surface area contributed by atoms with E-state index in [0.717, 1.165) is 29.5 Å². The van der Waals surface area contributed by atoms with E-state index in [-0.39, 0.29) is 0 Å². The Morgan fingerprint density at radius 1 is 1.30 bits per heavy atom. The summed E-state index contributed by atoms with van der Waals surface area (Å²) in [6.07, 6.45) is 6.59. The van der Waals surface area contributed by atoms with E-state index in [0.29, 0.717) is 12.6 Å². The average Bonchev–Trinajstić information content (AvgIpc) is 2.93. The van der Waals surface area contributed by atoms with E-state index in [9.17, 15) is 0 Å². The van der Waals surface area contributed by atoms with Crippen LogP contribution < -0.4 is 10.6 Å². The Morgan fingerprint density at radius 3 is 2.55 bits per heavy atom. The molecule has 3 nitrogen and oxygen atoms in total. The fraction of sp³-hybridized carbons (Fsp3) is 0.706. The van der Waals surface area contributed by atoms with E-state index >= 15 is 0 Å². The second kappa shape index (κ2) is 7.07. The Hall–Kier alpha value is -1.09. The third-order valence-electron chi connectivity index (χ3n) is 4.41. The maximum absolute atomic E-state index is 5.74. The molecule has 3 heteroatoms. The van der Waals surface area contributed by atoms with Gasteiger partial charge in [0.2, 0.25) is 0 Å². The molecule has 0 aromatic carbocycles. The SMILES string of the molecule is Cc1nc(N(CCC(C)C)C2CCCC2)ccc1CN. The van der Waals surface area contributed by atoms with Crippen LogP contribution in [0.25, 0.3) is 0 Å². The number of rotatable bonds is 6. The number of nitrogens with two attached hydrogens (primary N) is 1. The highest BCUT2D eigenvalue weighted by atomic mass is 15.2. The molecule has 1 aromatic heterocycles. The van der Waals surface area contributed by atoms with Crippen molar-refractivity contribution in [3.05, 3.63) is 23.4 Å². The summed E-state index contributed by atoms with van der Waals surface area (Å²) >= 11 is 0. The largest absolute Gasteiger partial charge is 0.354 e. The van der Waals surface area contributed by atoms with Crippen LogP contribution in [-0.4, -0.2) is 17.6 Å². The Labute approximate surface area is 123 Å². The molecule has 112 valence electrons. The maximum atomic E-state index is 5.74. The van der Waals surface area contributed by atoms with Crippen molar-refractivity contribution in [2.45, 2.75) is 65.5 Å². The average molecular weight is 275 g/mol. The van der Waals surface area contributed by atoms with Crippen molar-refractivity contribution in [3.63, 3.8) is 0 Å². The van der Waals surface area contributed by atoms with E-state index in [1.807, 2.05) is 0 Å². The van der Waals surface area contributed by atoms with Crippen molar-refractivity contribution < 1.29 is 0 Å². The van der Waals surface area contributed by atoms with Crippen molar-refractivity contribution in [2.75, 3.05) is 11.4 Å². The van der Waals surface area contributed by atoms with Gasteiger partial charge in [0.25, 0.3) is 0 Å². The molecule has 0 spiro atoms. The van der Waals surface area contributed by atoms with E-state index in [1.165, 1.54) is 32.1 Å². The minimum Gasteiger partial charge on any atom is -0.354 e. The van der Waals surface area contributed by atoms with Gasteiger partial charge in [-0.15, -0.1) is 0 Å². The zero-order chi connectivity index (χ0) is 14.5. The van der Waals surface area contributed by atoms with Crippen molar-refractivity contribution >= 4 is 5.82 Å². The fourth-order valence-corrected chi connectivity index (χ4v) is 3.05. The summed E-state index contributed by atoms with van der Waals surface area (Å²) in [4.78, 5) is 7.35. The molecular weight excluding hydrogens is 246 g/mol. The summed E-state index contributed by atoms with van der Waals surface area (Å²) in [5.41, 5.74) is 7.98. The molecule has 0 amide bonds. The van der Waals surface area contributed by atoms with Crippen LogP contribution in [0.5, 0.6) is 0 Å². The van der Waals surface area contributed by atoms with Gasteiger partial charge in [-0.2, -0.15) is 0 Å². The molecule has 0 aliphatic heterocycles. The lowest BCUT2D eigenvalue weighted by Gasteiger charge is -2.31. The first-order chi connectivity index (χ1) is 9.61. The van der Waals surface area contributed by atoms with E-state index in [2.05, 4.69) is 37.8 Å². The molecular formula is C17H29N3. The molecule has 1 saturated carbocycles. The predicted octanol–water partition coefficient (Wildman–Crippen LogP) is 3.64.